The Balaban J connectivity index is 1.00. The third kappa shape index (κ3) is 9.27. The number of rotatable bonds is 16. The lowest BCUT2D eigenvalue weighted by atomic mass is 9.93. The van der Waals surface area contributed by atoms with Gasteiger partial charge in [0.05, 0.1) is 42.4 Å². The molecular formula is C42H38N8O5. The Bertz CT molecular complexity index is 2170. The quantitative estimate of drug-likeness (QED) is 0.107. The van der Waals surface area contributed by atoms with E-state index in [1.807, 2.05) is 82.6 Å². The van der Waals surface area contributed by atoms with Gasteiger partial charge in [0.25, 0.3) is 11.8 Å². The van der Waals surface area contributed by atoms with Gasteiger partial charge in [0.2, 0.25) is 5.91 Å². The van der Waals surface area contributed by atoms with Crippen LogP contribution < -0.4 is 5.32 Å². The highest BCUT2D eigenvalue weighted by molar-refractivity contribution is 6.27. The number of hydrogen-bond donors (Lipinski definition) is 1. The summed E-state index contributed by atoms with van der Waals surface area (Å²) in [6.07, 6.45) is 6.82. The number of carbonyl (C=O) groups excluding carboxylic acids is 4. The minimum atomic E-state index is -0.509. The lowest BCUT2D eigenvalue weighted by molar-refractivity contribution is -0.145. The zero-order chi connectivity index (χ0) is 38.0. The van der Waals surface area contributed by atoms with Crippen molar-refractivity contribution in [2.45, 2.75) is 26.2 Å². The molecule has 55 heavy (non-hydrogen) atoms. The lowest BCUT2D eigenvalue weighted by Crippen LogP contribution is -2.42. The zero-order valence-electron chi connectivity index (χ0n) is 30.0. The molecule has 0 spiro atoms. The first kappa shape index (κ1) is 36.6. The molecule has 1 aliphatic heterocycles. The fourth-order valence-electron chi connectivity index (χ4n) is 6.55. The van der Waals surface area contributed by atoms with Crippen LogP contribution in [0, 0.1) is 0 Å². The van der Waals surface area contributed by atoms with Crippen LogP contribution >= 0.6 is 0 Å². The van der Waals surface area contributed by atoms with Crippen molar-refractivity contribution in [3.8, 4) is 0 Å². The van der Waals surface area contributed by atoms with Crippen molar-refractivity contribution in [3.63, 3.8) is 0 Å². The van der Waals surface area contributed by atoms with Crippen molar-refractivity contribution in [2.24, 2.45) is 0 Å². The minimum Gasteiger partial charge on any atom is -0.463 e. The van der Waals surface area contributed by atoms with Crippen molar-refractivity contribution in [2.75, 3.05) is 31.6 Å². The van der Waals surface area contributed by atoms with Gasteiger partial charge in [0.1, 0.15) is 6.61 Å². The van der Waals surface area contributed by atoms with Crippen molar-refractivity contribution < 1.29 is 23.9 Å². The molecule has 3 amide bonds. The molecule has 13 heteroatoms. The van der Waals surface area contributed by atoms with Crippen molar-refractivity contribution in [1.82, 2.24) is 34.6 Å². The first-order chi connectivity index (χ1) is 26.9. The molecule has 0 aliphatic carbocycles. The fourth-order valence-corrected chi connectivity index (χ4v) is 6.55. The van der Waals surface area contributed by atoms with Crippen LogP contribution in [0.5, 0.6) is 0 Å². The van der Waals surface area contributed by atoms with Gasteiger partial charge in [-0.1, -0.05) is 36.4 Å². The Morgan fingerprint density at radius 1 is 0.582 bits per heavy atom. The molecule has 0 saturated carbocycles. The Hall–Kier alpha value is -6.70. The number of nitrogens with one attached hydrogen (secondary N) is 1. The summed E-state index contributed by atoms with van der Waals surface area (Å²) in [7, 11) is 0. The standard InChI is InChI=1S/C42H38N8O5/c51-38(28-48(24-30-10-1-5-18-43-30)25-31-11-2-6-19-44-31)47-37-17-16-36-40-34(37)14-9-15-35(40)41(53)50(42(36)54)22-23-55-39(52)29-49(26-32-12-3-7-20-45-32)27-33-13-4-8-21-46-33/h1-21H,22-29H2,(H,47,51). The van der Waals surface area contributed by atoms with Gasteiger partial charge in [-0.3, -0.25) is 53.8 Å². The van der Waals surface area contributed by atoms with Crippen LogP contribution in [0.1, 0.15) is 43.5 Å². The molecule has 1 aliphatic rings. The van der Waals surface area contributed by atoms with Crippen LogP contribution in [0.2, 0.25) is 0 Å². The number of hydrogen-bond acceptors (Lipinski definition) is 11. The Labute approximate surface area is 317 Å². The number of pyridine rings is 4. The van der Waals surface area contributed by atoms with Crippen LogP contribution in [0.3, 0.4) is 0 Å². The summed E-state index contributed by atoms with van der Waals surface area (Å²) in [5.41, 5.74) is 4.31. The molecule has 4 aromatic heterocycles. The third-order valence-electron chi connectivity index (χ3n) is 9.01. The Kier molecular flexibility index (Phi) is 11.6. The fraction of sp³-hybridized carbons (Fsp3) is 0.190. The summed E-state index contributed by atoms with van der Waals surface area (Å²) in [4.78, 5) is 76.5. The number of amides is 3. The maximum atomic E-state index is 13.7. The molecule has 0 atom stereocenters. The van der Waals surface area contributed by atoms with Gasteiger partial charge in [-0.25, -0.2) is 0 Å². The number of anilines is 1. The molecule has 6 aromatic rings. The van der Waals surface area contributed by atoms with E-state index in [0.717, 1.165) is 27.7 Å². The molecule has 5 heterocycles. The predicted octanol–water partition coefficient (Wildman–Crippen LogP) is 4.90. The summed E-state index contributed by atoms with van der Waals surface area (Å²) in [5, 5.41) is 4.02. The summed E-state index contributed by atoms with van der Waals surface area (Å²) in [6.45, 7) is 1.35. The first-order valence-electron chi connectivity index (χ1n) is 17.8. The Morgan fingerprint density at radius 3 is 1.56 bits per heavy atom. The van der Waals surface area contributed by atoms with E-state index in [1.54, 1.807) is 55.1 Å². The molecule has 0 radical (unpaired) electrons. The molecule has 7 rings (SSSR count). The predicted molar refractivity (Wildman–Crippen MR) is 204 cm³/mol. The molecule has 0 fully saturated rings. The molecule has 0 bridgehead atoms. The van der Waals surface area contributed by atoms with E-state index in [4.69, 9.17) is 4.74 Å². The highest BCUT2D eigenvalue weighted by Gasteiger charge is 2.33. The van der Waals surface area contributed by atoms with E-state index in [1.165, 1.54) is 0 Å². The molecule has 1 N–H and O–H groups in total. The Morgan fingerprint density at radius 2 is 1.07 bits per heavy atom. The molecule has 276 valence electrons. The monoisotopic (exact) mass is 734 g/mol. The van der Waals surface area contributed by atoms with Gasteiger partial charge < -0.3 is 10.1 Å². The van der Waals surface area contributed by atoms with Crippen LogP contribution in [-0.2, 0) is 40.5 Å². The number of ether oxygens (including phenoxy) is 1. The zero-order valence-corrected chi connectivity index (χ0v) is 30.0. The van der Waals surface area contributed by atoms with Crippen molar-refractivity contribution in [1.29, 1.82) is 0 Å². The number of imide groups is 1. The minimum absolute atomic E-state index is 0.0459. The van der Waals surface area contributed by atoms with Crippen LogP contribution in [0.4, 0.5) is 5.69 Å². The van der Waals surface area contributed by atoms with E-state index in [-0.39, 0.29) is 32.1 Å². The SMILES string of the molecule is O=C(CN(Cc1ccccn1)Cc1ccccn1)Nc1ccc2c3c(cccc13)C(=O)N(CCOC(=O)CN(Cc1ccccn1)Cc1ccccn1)C2=O. The number of benzene rings is 2. The van der Waals surface area contributed by atoms with Crippen LogP contribution in [0.15, 0.2) is 128 Å². The smallest absolute Gasteiger partial charge is 0.320 e. The maximum Gasteiger partial charge on any atom is 0.320 e. The second-order valence-corrected chi connectivity index (χ2v) is 13.0. The van der Waals surface area contributed by atoms with E-state index < -0.39 is 17.8 Å². The summed E-state index contributed by atoms with van der Waals surface area (Å²) in [6, 6.07) is 30.9. The largest absolute Gasteiger partial charge is 0.463 e. The number of carbonyl (C=O) groups is 4. The second kappa shape index (κ2) is 17.4. The maximum absolute atomic E-state index is 13.7. The highest BCUT2D eigenvalue weighted by atomic mass is 16.5. The van der Waals surface area contributed by atoms with E-state index in [9.17, 15) is 19.2 Å². The van der Waals surface area contributed by atoms with Crippen molar-refractivity contribution in [3.05, 3.63) is 162 Å². The average molecular weight is 735 g/mol. The summed E-state index contributed by atoms with van der Waals surface area (Å²) in [5.74, 6) is -1.80. The number of esters is 1. The van der Waals surface area contributed by atoms with Gasteiger partial charge >= 0.3 is 5.97 Å². The highest BCUT2D eigenvalue weighted by Crippen LogP contribution is 2.34. The molecule has 13 nitrogen and oxygen atoms in total. The summed E-state index contributed by atoms with van der Waals surface area (Å²) < 4.78 is 5.55. The van der Waals surface area contributed by atoms with E-state index in [2.05, 4.69) is 25.3 Å². The van der Waals surface area contributed by atoms with Gasteiger partial charge in [-0.2, -0.15) is 0 Å². The van der Waals surface area contributed by atoms with Gasteiger partial charge in [-0.15, -0.1) is 0 Å². The first-order valence-corrected chi connectivity index (χ1v) is 17.8. The molecule has 0 unspecified atom stereocenters. The number of nitrogens with zero attached hydrogens (tertiary/aromatic N) is 7. The van der Waals surface area contributed by atoms with Gasteiger partial charge in [-0.05, 0) is 66.7 Å². The topological polar surface area (TPSA) is 151 Å². The van der Waals surface area contributed by atoms with Crippen LogP contribution in [-0.4, -0.2) is 84.6 Å². The third-order valence-corrected chi connectivity index (χ3v) is 9.01. The van der Waals surface area contributed by atoms with Gasteiger partial charge in [0.15, 0.2) is 0 Å². The van der Waals surface area contributed by atoms with Gasteiger partial charge in [0, 0.05) is 78.6 Å². The second-order valence-electron chi connectivity index (χ2n) is 13.0. The number of aromatic nitrogens is 4. The normalized spacial score (nSPS) is 12.4. The molecule has 0 saturated heterocycles. The lowest BCUT2D eigenvalue weighted by Gasteiger charge is -2.28. The summed E-state index contributed by atoms with van der Waals surface area (Å²) >= 11 is 0. The van der Waals surface area contributed by atoms with Crippen LogP contribution in [0.25, 0.3) is 10.8 Å². The molecule has 2 aromatic carbocycles. The van der Waals surface area contributed by atoms with Crippen molar-refractivity contribution >= 4 is 40.2 Å². The van der Waals surface area contributed by atoms with E-state index in [0.29, 0.717) is 53.8 Å². The average Bonchev–Trinajstić information content (AvgIpc) is 3.20. The van der Waals surface area contributed by atoms with E-state index >= 15 is 0 Å². The molecular weight excluding hydrogens is 697 g/mol.